The molecular formula is C8H14O. The number of hydrogen-bond donors (Lipinski definition) is 0. The molecule has 1 heteroatoms. The summed E-state index contributed by atoms with van der Waals surface area (Å²) >= 11 is 0. The van der Waals surface area contributed by atoms with E-state index in [0.29, 0.717) is 6.42 Å². The van der Waals surface area contributed by atoms with Gasteiger partial charge in [0, 0.05) is 6.42 Å². The predicted octanol–water partition coefficient (Wildman–Crippen LogP) is 2.32. The van der Waals surface area contributed by atoms with Gasteiger partial charge in [-0.3, -0.25) is 0 Å². The third-order valence-electron chi connectivity index (χ3n) is 1.21. The van der Waals surface area contributed by atoms with Gasteiger partial charge in [0.1, 0.15) is 6.29 Å². The highest BCUT2D eigenvalue weighted by Crippen LogP contribution is 2.02. The molecule has 0 saturated heterocycles. The second kappa shape index (κ2) is 5.54. The van der Waals surface area contributed by atoms with Crippen LogP contribution < -0.4 is 0 Å². The Hall–Kier alpha value is -0.590. The molecule has 0 amide bonds. The van der Waals surface area contributed by atoms with E-state index in [-0.39, 0.29) is 0 Å². The zero-order valence-electron chi connectivity index (χ0n) is 6.18. The van der Waals surface area contributed by atoms with Gasteiger partial charge >= 0.3 is 0 Å². The van der Waals surface area contributed by atoms with Gasteiger partial charge in [0.25, 0.3) is 0 Å². The molecular weight excluding hydrogens is 112 g/mol. The van der Waals surface area contributed by atoms with Crippen LogP contribution in [0.3, 0.4) is 0 Å². The van der Waals surface area contributed by atoms with Gasteiger partial charge < -0.3 is 4.79 Å². The van der Waals surface area contributed by atoms with Crippen molar-refractivity contribution in [2.75, 3.05) is 0 Å². The van der Waals surface area contributed by atoms with Crippen LogP contribution in [0.5, 0.6) is 0 Å². The van der Waals surface area contributed by atoms with E-state index in [4.69, 9.17) is 0 Å². The fourth-order valence-electron chi connectivity index (χ4n) is 0.737. The largest absolute Gasteiger partial charge is 0.303 e. The Morgan fingerprint density at radius 3 is 2.67 bits per heavy atom. The molecule has 1 nitrogen and oxygen atoms in total. The second-order valence-corrected chi connectivity index (χ2v) is 2.16. The lowest BCUT2D eigenvalue weighted by Crippen LogP contribution is -1.78. The van der Waals surface area contributed by atoms with Gasteiger partial charge in [-0.2, -0.15) is 0 Å². The van der Waals surface area contributed by atoms with Crippen molar-refractivity contribution in [3.63, 3.8) is 0 Å². The zero-order valence-corrected chi connectivity index (χ0v) is 6.18. The van der Waals surface area contributed by atoms with Gasteiger partial charge in [-0.05, 0) is 19.8 Å². The average molecular weight is 126 g/mol. The zero-order chi connectivity index (χ0) is 7.11. The van der Waals surface area contributed by atoms with Crippen LogP contribution in [0.4, 0.5) is 0 Å². The molecule has 0 aliphatic heterocycles. The lowest BCUT2D eigenvalue weighted by atomic mass is 10.1. The topological polar surface area (TPSA) is 17.1 Å². The molecule has 0 spiro atoms. The van der Waals surface area contributed by atoms with Crippen LogP contribution >= 0.6 is 0 Å². The molecule has 0 rings (SSSR count). The van der Waals surface area contributed by atoms with Crippen LogP contribution in [0.1, 0.15) is 33.1 Å². The Morgan fingerprint density at radius 2 is 2.22 bits per heavy atom. The minimum absolute atomic E-state index is 0.669. The lowest BCUT2D eigenvalue weighted by Gasteiger charge is -1.92. The summed E-state index contributed by atoms with van der Waals surface area (Å²) in [5.74, 6) is 0. The lowest BCUT2D eigenvalue weighted by molar-refractivity contribution is -0.107. The highest BCUT2D eigenvalue weighted by molar-refractivity contribution is 5.49. The first-order valence-electron chi connectivity index (χ1n) is 3.40. The summed E-state index contributed by atoms with van der Waals surface area (Å²) in [6, 6.07) is 0. The summed E-state index contributed by atoms with van der Waals surface area (Å²) in [6.07, 6.45) is 5.79. The molecule has 0 aromatic heterocycles. The number of allylic oxidation sites excluding steroid dienone is 2. The van der Waals surface area contributed by atoms with E-state index in [1.165, 1.54) is 5.57 Å². The molecule has 0 atom stereocenters. The molecule has 0 aliphatic rings. The van der Waals surface area contributed by atoms with Crippen molar-refractivity contribution in [1.29, 1.82) is 0 Å². The van der Waals surface area contributed by atoms with Gasteiger partial charge in [-0.15, -0.1) is 0 Å². The molecule has 0 N–H and O–H groups in total. The van der Waals surface area contributed by atoms with Crippen molar-refractivity contribution in [3.05, 3.63) is 11.6 Å². The molecule has 0 fully saturated rings. The van der Waals surface area contributed by atoms with E-state index in [2.05, 4.69) is 19.9 Å². The van der Waals surface area contributed by atoms with Gasteiger partial charge in [-0.25, -0.2) is 0 Å². The Bertz CT molecular complexity index is 103. The van der Waals surface area contributed by atoms with Crippen molar-refractivity contribution in [2.24, 2.45) is 0 Å². The van der Waals surface area contributed by atoms with E-state index >= 15 is 0 Å². The second-order valence-electron chi connectivity index (χ2n) is 2.16. The monoisotopic (exact) mass is 126 g/mol. The molecule has 0 radical (unpaired) electrons. The highest BCUT2D eigenvalue weighted by Gasteiger charge is 1.85. The third kappa shape index (κ3) is 5.28. The minimum Gasteiger partial charge on any atom is -0.303 e. The van der Waals surface area contributed by atoms with Crippen molar-refractivity contribution in [3.8, 4) is 0 Å². The minimum atomic E-state index is 0.669. The molecule has 52 valence electrons. The molecule has 9 heavy (non-hydrogen) atoms. The van der Waals surface area contributed by atoms with Crippen molar-refractivity contribution in [2.45, 2.75) is 33.1 Å². The van der Waals surface area contributed by atoms with Gasteiger partial charge in [-0.1, -0.05) is 18.6 Å². The number of rotatable bonds is 4. The summed E-state index contributed by atoms with van der Waals surface area (Å²) in [5, 5.41) is 0. The van der Waals surface area contributed by atoms with Crippen LogP contribution in [0.25, 0.3) is 0 Å². The van der Waals surface area contributed by atoms with Gasteiger partial charge in [0.05, 0.1) is 0 Å². The summed E-state index contributed by atoms with van der Waals surface area (Å²) in [5.41, 5.74) is 1.32. The summed E-state index contributed by atoms with van der Waals surface area (Å²) in [6.45, 7) is 4.16. The van der Waals surface area contributed by atoms with Crippen molar-refractivity contribution in [1.82, 2.24) is 0 Å². The Morgan fingerprint density at radius 1 is 1.56 bits per heavy atom. The molecule has 0 bridgehead atoms. The van der Waals surface area contributed by atoms with E-state index in [9.17, 15) is 4.79 Å². The molecule has 0 saturated carbocycles. The maximum absolute atomic E-state index is 9.89. The van der Waals surface area contributed by atoms with Gasteiger partial charge in [0.15, 0.2) is 0 Å². The van der Waals surface area contributed by atoms with E-state index in [1.807, 2.05) is 0 Å². The van der Waals surface area contributed by atoms with Crippen LogP contribution in [-0.2, 0) is 4.79 Å². The summed E-state index contributed by atoms with van der Waals surface area (Å²) < 4.78 is 0. The standard InChI is InChI=1S/C8H14O/c1-3-5-8(2)6-4-7-9/h5,7H,3-4,6H2,1-2H3/b8-5+. The molecule has 0 aliphatic carbocycles. The fraction of sp³-hybridized carbons (Fsp3) is 0.625. The third-order valence-corrected chi connectivity index (χ3v) is 1.21. The van der Waals surface area contributed by atoms with Crippen molar-refractivity contribution >= 4 is 6.29 Å². The van der Waals surface area contributed by atoms with E-state index < -0.39 is 0 Å². The number of carbonyl (C=O) groups is 1. The van der Waals surface area contributed by atoms with Crippen LogP contribution in [0, 0.1) is 0 Å². The predicted molar refractivity (Wildman–Crippen MR) is 39.3 cm³/mol. The smallest absolute Gasteiger partial charge is 0.120 e. The Kier molecular flexibility index (Phi) is 5.18. The first kappa shape index (κ1) is 8.41. The van der Waals surface area contributed by atoms with Crippen LogP contribution in [-0.4, -0.2) is 6.29 Å². The Balaban J connectivity index is 3.36. The average Bonchev–Trinajstić information content (AvgIpc) is 1.85. The number of hydrogen-bond acceptors (Lipinski definition) is 1. The highest BCUT2D eigenvalue weighted by atomic mass is 16.1. The molecule has 0 aromatic rings. The first-order chi connectivity index (χ1) is 4.31. The van der Waals surface area contributed by atoms with Crippen LogP contribution in [0.2, 0.25) is 0 Å². The number of aldehydes is 1. The number of carbonyl (C=O) groups excluding carboxylic acids is 1. The van der Waals surface area contributed by atoms with E-state index in [1.54, 1.807) is 0 Å². The van der Waals surface area contributed by atoms with Crippen molar-refractivity contribution < 1.29 is 4.79 Å². The molecule has 0 heterocycles. The Labute approximate surface area is 56.8 Å². The molecule has 0 aromatic carbocycles. The first-order valence-corrected chi connectivity index (χ1v) is 3.40. The molecule has 0 unspecified atom stereocenters. The fourth-order valence-corrected chi connectivity index (χ4v) is 0.737. The normalized spacial score (nSPS) is 11.6. The quantitative estimate of drug-likeness (QED) is 0.417. The summed E-state index contributed by atoms with van der Waals surface area (Å²) in [4.78, 5) is 9.89. The van der Waals surface area contributed by atoms with E-state index in [0.717, 1.165) is 19.1 Å². The van der Waals surface area contributed by atoms with Gasteiger partial charge in [0.2, 0.25) is 0 Å². The maximum Gasteiger partial charge on any atom is 0.120 e. The SMILES string of the molecule is CC/C=C(\C)CCC=O. The van der Waals surface area contributed by atoms with Crippen LogP contribution in [0.15, 0.2) is 11.6 Å². The maximum atomic E-state index is 9.89. The summed E-state index contributed by atoms with van der Waals surface area (Å²) in [7, 11) is 0.